The average Bonchev–Trinajstić information content (AvgIpc) is 2.53. The predicted molar refractivity (Wildman–Crippen MR) is 58.2 cm³/mol. The zero-order valence-electron chi connectivity index (χ0n) is 7.20. The van der Waals surface area contributed by atoms with Crippen molar-refractivity contribution in [2.45, 2.75) is 6.92 Å². The van der Waals surface area contributed by atoms with Gasteiger partial charge in [-0.3, -0.25) is 5.41 Å². The minimum absolute atomic E-state index is 0.639. The number of hydrogen-bond donors (Lipinski definition) is 1. The van der Waals surface area contributed by atoms with E-state index in [0.29, 0.717) is 4.67 Å². The van der Waals surface area contributed by atoms with E-state index in [0.717, 1.165) is 0 Å². The standard InChI is InChI=1S/C10H9NS2/c1-7-2-4-8(5-3-7)9-6-10(11)13-12-9/h2-6,11H,1H3. The van der Waals surface area contributed by atoms with Crippen LogP contribution in [0, 0.1) is 12.3 Å². The summed E-state index contributed by atoms with van der Waals surface area (Å²) in [6.07, 6.45) is 0. The third kappa shape index (κ3) is 1.87. The molecule has 0 bridgehead atoms. The molecule has 0 atom stereocenters. The van der Waals surface area contributed by atoms with Crippen LogP contribution in [0.1, 0.15) is 5.56 Å². The zero-order valence-corrected chi connectivity index (χ0v) is 8.84. The summed E-state index contributed by atoms with van der Waals surface area (Å²) in [7, 11) is 3.17. The maximum Gasteiger partial charge on any atom is 0.119 e. The van der Waals surface area contributed by atoms with Crippen molar-refractivity contribution in [2.24, 2.45) is 0 Å². The van der Waals surface area contributed by atoms with Crippen LogP contribution >= 0.6 is 20.7 Å². The highest BCUT2D eigenvalue weighted by Gasteiger charge is 1.98. The molecule has 2 aromatic rings. The van der Waals surface area contributed by atoms with Crippen LogP contribution < -0.4 is 4.67 Å². The average molecular weight is 207 g/mol. The fourth-order valence-electron chi connectivity index (χ4n) is 1.11. The second-order valence-electron chi connectivity index (χ2n) is 2.91. The van der Waals surface area contributed by atoms with Crippen LogP contribution in [0.5, 0.6) is 0 Å². The summed E-state index contributed by atoms with van der Waals surface area (Å²) in [5.74, 6) is 0. The first kappa shape index (κ1) is 8.66. The quantitative estimate of drug-likeness (QED) is 0.694. The highest BCUT2D eigenvalue weighted by molar-refractivity contribution is 7.69. The van der Waals surface area contributed by atoms with Gasteiger partial charge in [-0.2, -0.15) is 0 Å². The Morgan fingerprint density at radius 3 is 2.31 bits per heavy atom. The van der Waals surface area contributed by atoms with Crippen LogP contribution in [0.15, 0.2) is 30.3 Å². The molecule has 0 aliphatic heterocycles. The molecule has 0 saturated heterocycles. The number of rotatable bonds is 1. The van der Waals surface area contributed by atoms with Crippen molar-refractivity contribution < 1.29 is 0 Å². The fraction of sp³-hybridized carbons (Fsp3) is 0.100. The van der Waals surface area contributed by atoms with Crippen LogP contribution in [-0.4, -0.2) is 0 Å². The van der Waals surface area contributed by atoms with Crippen molar-refractivity contribution in [1.29, 1.82) is 5.41 Å². The molecule has 13 heavy (non-hydrogen) atoms. The van der Waals surface area contributed by atoms with E-state index in [1.165, 1.54) is 26.3 Å². The van der Waals surface area contributed by atoms with Gasteiger partial charge in [-0.05, 0) is 18.6 Å². The lowest BCUT2D eigenvalue weighted by Crippen LogP contribution is -1.82. The van der Waals surface area contributed by atoms with Gasteiger partial charge in [-0.15, -0.1) is 0 Å². The topological polar surface area (TPSA) is 23.9 Å². The van der Waals surface area contributed by atoms with E-state index in [9.17, 15) is 0 Å². The van der Waals surface area contributed by atoms with Crippen LogP contribution in [0.2, 0.25) is 0 Å². The van der Waals surface area contributed by atoms with Gasteiger partial charge in [0.15, 0.2) is 0 Å². The number of aryl methyl sites for hydroxylation is 1. The Balaban J connectivity index is 2.47. The van der Waals surface area contributed by atoms with E-state index in [1.54, 1.807) is 10.3 Å². The first-order chi connectivity index (χ1) is 6.25. The molecule has 0 fully saturated rings. The molecule has 1 aromatic heterocycles. The van der Waals surface area contributed by atoms with E-state index < -0.39 is 0 Å². The van der Waals surface area contributed by atoms with Gasteiger partial charge in [0.25, 0.3) is 0 Å². The van der Waals surface area contributed by atoms with Gasteiger partial charge in [0.05, 0.1) is 0 Å². The van der Waals surface area contributed by atoms with Crippen LogP contribution in [0.3, 0.4) is 0 Å². The number of nitrogens with one attached hydrogen (secondary N) is 1. The molecule has 3 heteroatoms. The molecular weight excluding hydrogens is 198 g/mol. The van der Waals surface area contributed by atoms with E-state index in [2.05, 4.69) is 31.2 Å². The maximum absolute atomic E-state index is 7.44. The molecule has 0 radical (unpaired) electrons. The Hall–Kier alpha value is -0.930. The Kier molecular flexibility index (Phi) is 2.29. The molecule has 0 saturated carbocycles. The second-order valence-corrected chi connectivity index (χ2v) is 5.12. The zero-order chi connectivity index (χ0) is 9.26. The van der Waals surface area contributed by atoms with Gasteiger partial charge in [0.2, 0.25) is 0 Å². The summed E-state index contributed by atoms with van der Waals surface area (Å²) in [6.45, 7) is 2.08. The summed E-state index contributed by atoms with van der Waals surface area (Å²) in [6, 6.07) is 10.3. The smallest absolute Gasteiger partial charge is 0.119 e. The molecule has 0 aliphatic rings. The van der Waals surface area contributed by atoms with Crippen LogP contribution in [0.25, 0.3) is 10.4 Å². The highest BCUT2D eigenvalue weighted by atomic mass is 32.9. The molecule has 1 heterocycles. The Morgan fingerprint density at radius 2 is 1.77 bits per heavy atom. The second kappa shape index (κ2) is 3.44. The lowest BCUT2D eigenvalue weighted by atomic mass is 10.1. The van der Waals surface area contributed by atoms with Crippen molar-refractivity contribution in [3.63, 3.8) is 0 Å². The SMILES string of the molecule is Cc1ccc(-c2cc(=N)ss2)cc1. The molecule has 1 N–H and O–H groups in total. The van der Waals surface area contributed by atoms with Gasteiger partial charge in [0, 0.05) is 4.88 Å². The molecular formula is C10H9NS2. The predicted octanol–water partition coefficient (Wildman–Crippen LogP) is 3.26. The first-order valence-electron chi connectivity index (χ1n) is 3.97. The minimum atomic E-state index is 0.639. The van der Waals surface area contributed by atoms with Gasteiger partial charge >= 0.3 is 0 Å². The van der Waals surface area contributed by atoms with Gasteiger partial charge in [-0.1, -0.05) is 50.5 Å². The summed E-state index contributed by atoms with van der Waals surface area (Å²) in [4.78, 5) is 1.19. The third-order valence-corrected chi connectivity index (χ3v) is 4.06. The molecule has 1 nitrogen and oxygen atoms in total. The summed E-state index contributed by atoms with van der Waals surface area (Å²) >= 11 is 0. The van der Waals surface area contributed by atoms with Crippen molar-refractivity contribution in [3.05, 3.63) is 40.6 Å². The lowest BCUT2D eigenvalue weighted by molar-refractivity contribution is 1.36. The van der Waals surface area contributed by atoms with Crippen LogP contribution in [-0.2, 0) is 0 Å². The van der Waals surface area contributed by atoms with E-state index in [1.807, 2.05) is 6.07 Å². The monoisotopic (exact) mass is 207 g/mol. The van der Waals surface area contributed by atoms with Crippen molar-refractivity contribution in [2.75, 3.05) is 0 Å². The van der Waals surface area contributed by atoms with Crippen molar-refractivity contribution in [1.82, 2.24) is 0 Å². The summed E-state index contributed by atoms with van der Waals surface area (Å²) < 4.78 is 0.639. The first-order valence-corrected chi connectivity index (χ1v) is 6.12. The summed E-state index contributed by atoms with van der Waals surface area (Å²) in [5, 5.41) is 7.44. The maximum atomic E-state index is 7.44. The molecule has 0 unspecified atom stereocenters. The normalized spacial score (nSPS) is 10.2. The Labute approximate surface area is 84.2 Å². The molecule has 1 aromatic carbocycles. The lowest BCUT2D eigenvalue weighted by Gasteiger charge is -1.96. The van der Waals surface area contributed by atoms with E-state index in [-0.39, 0.29) is 0 Å². The van der Waals surface area contributed by atoms with E-state index in [4.69, 9.17) is 5.41 Å². The van der Waals surface area contributed by atoms with Crippen molar-refractivity contribution >= 4 is 20.7 Å². The molecule has 2 rings (SSSR count). The van der Waals surface area contributed by atoms with E-state index >= 15 is 0 Å². The van der Waals surface area contributed by atoms with Gasteiger partial charge < -0.3 is 0 Å². The Bertz CT molecular complexity index is 450. The largest absolute Gasteiger partial charge is 0.290 e. The van der Waals surface area contributed by atoms with Gasteiger partial charge in [-0.25, -0.2) is 0 Å². The summed E-state index contributed by atoms with van der Waals surface area (Å²) in [5.41, 5.74) is 2.49. The van der Waals surface area contributed by atoms with Crippen molar-refractivity contribution in [3.8, 4) is 10.4 Å². The number of benzene rings is 1. The fourth-order valence-corrected chi connectivity index (χ4v) is 3.04. The van der Waals surface area contributed by atoms with Gasteiger partial charge in [0.1, 0.15) is 4.67 Å². The van der Waals surface area contributed by atoms with Crippen LogP contribution in [0.4, 0.5) is 0 Å². The molecule has 66 valence electrons. The Morgan fingerprint density at radius 1 is 1.08 bits per heavy atom. The molecule has 0 spiro atoms. The molecule has 0 aliphatic carbocycles. The molecule has 0 amide bonds. The number of hydrogen-bond acceptors (Lipinski definition) is 3. The third-order valence-electron chi connectivity index (χ3n) is 1.82. The highest BCUT2D eigenvalue weighted by Crippen LogP contribution is 2.24. The minimum Gasteiger partial charge on any atom is -0.290 e.